The lowest BCUT2D eigenvalue weighted by Gasteiger charge is -2.22. The second-order valence-corrected chi connectivity index (χ2v) is 5.08. The van der Waals surface area contributed by atoms with Crippen molar-refractivity contribution < 1.29 is 9.53 Å². The van der Waals surface area contributed by atoms with E-state index in [9.17, 15) is 4.79 Å². The van der Waals surface area contributed by atoms with Crippen LogP contribution in [0.4, 0.5) is 0 Å². The second kappa shape index (κ2) is 5.03. The van der Waals surface area contributed by atoms with E-state index in [4.69, 9.17) is 4.74 Å². The van der Waals surface area contributed by atoms with Gasteiger partial charge in [-0.25, -0.2) is 0 Å². The van der Waals surface area contributed by atoms with E-state index in [1.807, 2.05) is 16.7 Å². The van der Waals surface area contributed by atoms with Crippen LogP contribution in [0.15, 0.2) is 0 Å². The van der Waals surface area contributed by atoms with Crippen LogP contribution in [0.2, 0.25) is 0 Å². The molecule has 14 heavy (non-hydrogen) atoms. The monoisotopic (exact) mass is 215 g/mol. The number of amides is 1. The van der Waals surface area contributed by atoms with Crippen LogP contribution in [-0.2, 0) is 9.53 Å². The predicted molar refractivity (Wildman–Crippen MR) is 57.4 cm³/mol. The molecule has 0 bridgehead atoms. The molecule has 2 aliphatic heterocycles. The summed E-state index contributed by atoms with van der Waals surface area (Å²) < 4.78 is 5.25. The summed E-state index contributed by atoms with van der Waals surface area (Å²) in [4.78, 5) is 14.0. The molecule has 2 saturated heterocycles. The van der Waals surface area contributed by atoms with E-state index in [0.29, 0.717) is 12.5 Å². The number of hydrogen-bond donors (Lipinski definition) is 0. The zero-order valence-corrected chi connectivity index (χ0v) is 9.22. The molecule has 0 saturated carbocycles. The Hall–Kier alpha value is -0.220. The van der Waals surface area contributed by atoms with Crippen LogP contribution in [0.5, 0.6) is 0 Å². The highest BCUT2D eigenvalue weighted by molar-refractivity contribution is 7.99. The molecule has 0 aromatic heterocycles. The normalized spacial score (nSPS) is 28.9. The number of ether oxygens (including phenoxy) is 1. The number of thioether (sulfide) groups is 1. The van der Waals surface area contributed by atoms with Gasteiger partial charge >= 0.3 is 0 Å². The molecule has 0 aromatic rings. The Bertz CT molecular complexity index is 196. The molecule has 80 valence electrons. The van der Waals surface area contributed by atoms with Gasteiger partial charge < -0.3 is 9.64 Å². The minimum Gasteiger partial charge on any atom is -0.381 e. The zero-order chi connectivity index (χ0) is 9.80. The molecular formula is C10H17NO2S. The Morgan fingerprint density at radius 1 is 1.36 bits per heavy atom. The average Bonchev–Trinajstić information content (AvgIpc) is 2.59. The maximum absolute atomic E-state index is 12.0. The Balaban J connectivity index is 1.88. The maximum Gasteiger partial charge on any atom is 0.228 e. The minimum absolute atomic E-state index is 0.151. The number of carbonyl (C=O) groups excluding carboxylic acids is 1. The molecule has 2 heterocycles. The topological polar surface area (TPSA) is 29.5 Å². The van der Waals surface area contributed by atoms with Crippen LogP contribution in [-0.4, -0.2) is 48.6 Å². The van der Waals surface area contributed by atoms with Gasteiger partial charge in [-0.1, -0.05) is 0 Å². The van der Waals surface area contributed by atoms with Crippen LogP contribution in [0, 0.1) is 5.92 Å². The number of rotatable bonds is 1. The molecule has 2 fully saturated rings. The van der Waals surface area contributed by atoms with Gasteiger partial charge in [-0.15, -0.1) is 0 Å². The third kappa shape index (κ3) is 2.42. The molecule has 1 amide bonds. The fourth-order valence-electron chi connectivity index (χ4n) is 1.95. The first-order valence-electron chi connectivity index (χ1n) is 5.32. The van der Waals surface area contributed by atoms with E-state index in [2.05, 4.69) is 0 Å². The van der Waals surface area contributed by atoms with Crippen molar-refractivity contribution in [2.45, 2.75) is 12.8 Å². The number of hydrogen-bond acceptors (Lipinski definition) is 3. The van der Waals surface area contributed by atoms with Gasteiger partial charge in [0.05, 0.1) is 12.5 Å². The fraction of sp³-hybridized carbons (Fsp3) is 0.900. The van der Waals surface area contributed by atoms with Gasteiger partial charge in [0.25, 0.3) is 0 Å². The van der Waals surface area contributed by atoms with Gasteiger partial charge in [-0.3, -0.25) is 4.79 Å². The Kier molecular flexibility index (Phi) is 3.70. The predicted octanol–water partition coefficient (Wildman–Crippen LogP) is 0.988. The van der Waals surface area contributed by atoms with Crippen molar-refractivity contribution in [3.05, 3.63) is 0 Å². The first-order valence-corrected chi connectivity index (χ1v) is 6.47. The van der Waals surface area contributed by atoms with Gasteiger partial charge in [0.1, 0.15) is 0 Å². The van der Waals surface area contributed by atoms with Crippen molar-refractivity contribution in [2.24, 2.45) is 5.92 Å². The first kappa shape index (κ1) is 10.3. The van der Waals surface area contributed by atoms with Crippen molar-refractivity contribution in [3.8, 4) is 0 Å². The summed E-state index contributed by atoms with van der Waals surface area (Å²) in [5.41, 5.74) is 0. The molecule has 0 N–H and O–H groups in total. The maximum atomic E-state index is 12.0. The van der Waals surface area contributed by atoms with Crippen molar-refractivity contribution in [1.29, 1.82) is 0 Å². The van der Waals surface area contributed by atoms with Crippen molar-refractivity contribution in [2.75, 3.05) is 37.8 Å². The molecule has 1 unspecified atom stereocenters. The second-order valence-electron chi connectivity index (χ2n) is 3.85. The van der Waals surface area contributed by atoms with E-state index < -0.39 is 0 Å². The Labute approximate surface area is 89.2 Å². The largest absolute Gasteiger partial charge is 0.381 e. The number of carbonyl (C=O) groups is 1. The third-order valence-electron chi connectivity index (χ3n) is 2.81. The summed E-state index contributed by atoms with van der Waals surface area (Å²) in [6, 6.07) is 0. The standard InChI is InChI=1S/C10H17NO2S/c12-10(9-2-5-13-8-9)11-3-1-6-14-7-4-11/h9H,1-8H2. The van der Waals surface area contributed by atoms with E-state index >= 15 is 0 Å². The molecule has 0 spiro atoms. The third-order valence-corrected chi connectivity index (χ3v) is 3.86. The molecule has 1 atom stereocenters. The lowest BCUT2D eigenvalue weighted by molar-refractivity contribution is -0.135. The van der Waals surface area contributed by atoms with E-state index in [1.54, 1.807) is 0 Å². The summed E-state index contributed by atoms with van der Waals surface area (Å²) in [6.07, 6.45) is 2.06. The summed E-state index contributed by atoms with van der Waals surface area (Å²) >= 11 is 1.95. The van der Waals surface area contributed by atoms with Crippen LogP contribution < -0.4 is 0 Å². The lowest BCUT2D eigenvalue weighted by atomic mass is 10.1. The minimum atomic E-state index is 0.151. The molecule has 4 heteroatoms. The number of nitrogens with zero attached hydrogens (tertiary/aromatic N) is 1. The molecule has 0 radical (unpaired) electrons. The van der Waals surface area contributed by atoms with Crippen LogP contribution in [0.1, 0.15) is 12.8 Å². The molecule has 0 aromatic carbocycles. The van der Waals surface area contributed by atoms with Crippen molar-refractivity contribution in [3.63, 3.8) is 0 Å². The highest BCUT2D eigenvalue weighted by Gasteiger charge is 2.28. The molecule has 0 aliphatic carbocycles. The van der Waals surface area contributed by atoms with Gasteiger partial charge in [-0.2, -0.15) is 11.8 Å². The SMILES string of the molecule is O=C(C1CCOC1)N1CCCSCC1. The Morgan fingerprint density at radius 2 is 2.29 bits per heavy atom. The van der Waals surface area contributed by atoms with Gasteiger partial charge in [0.15, 0.2) is 0 Å². The van der Waals surface area contributed by atoms with Crippen LogP contribution in [0.3, 0.4) is 0 Å². The molecular weight excluding hydrogens is 198 g/mol. The van der Waals surface area contributed by atoms with Crippen LogP contribution in [0.25, 0.3) is 0 Å². The average molecular weight is 215 g/mol. The van der Waals surface area contributed by atoms with Crippen molar-refractivity contribution >= 4 is 17.7 Å². The smallest absolute Gasteiger partial charge is 0.228 e. The highest BCUT2D eigenvalue weighted by Crippen LogP contribution is 2.18. The Morgan fingerprint density at radius 3 is 3.07 bits per heavy atom. The van der Waals surface area contributed by atoms with Gasteiger partial charge in [0, 0.05) is 25.4 Å². The first-order chi connectivity index (χ1) is 6.88. The van der Waals surface area contributed by atoms with E-state index in [0.717, 1.165) is 38.3 Å². The quantitative estimate of drug-likeness (QED) is 0.653. The summed E-state index contributed by atoms with van der Waals surface area (Å²) in [7, 11) is 0. The molecule has 3 nitrogen and oxygen atoms in total. The van der Waals surface area contributed by atoms with Gasteiger partial charge in [0.2, 0.25) is 5.91 Å². The molecule has 2 aliphatic rings. The van der Waals surface area contributed by atoms with E-state index in [1.165, 1.54) is 5.75 Å². The van der Waals surface area contributed by atoms with E-state index in [-0.39, 0.29) is 5.92 Å². The van der Waals surface area contributed by atoms with Crippen molar-refractivity contribution in [1.82, 2.24) is 4.90 Å². The fourth-order valence-corrected chi connectivity index (χ4v) is 2.84. The van der Waals surface area contributed by atoms with Crippen LogP contribution >= 0.6 is 11.8 Å². The summed E-state index contributed by atoms with van der Waals surface area (Å²) in [6.45, 7) is 3.28. The summed E-state index contributed by atoms with van der Waals surface area (Å²) in [5, 5.41) is 0. The lowest BCUT2D eigenvalue weighted by Crippen LogP contribution is -2.37. The van der Waals surface area contributed by atoms with Gasteiger partial charge in [-0.05, 0) is 18.6 Å². The highest BCUT2D eigenvalue weighted by atomic mass is 32.2. The summed E-state index contributed by atoms with van der Waals surface area (Å²) in [5.74, 6) is 2.77. The zero-order valence-electron chi connectivity index (χ0n) is 8.41. The molecule has 2 rings (SSSR count).